The molecule has 0 bridgehead atoms. The quantitative estimate of drug-likeness (QED) is 0.337. The Bertz CT molecular complexity index is 513. The molecule has 0 aromatic carbocycles. The van der Waals surface area contributed by atoms with Gasteiger partial charge in [0, 0.05) is 39.3 Å². The first kappa shape index (κ1) is 22.9. The zero-order valence-electron chi connectivity index (χ0n) is 16.0. The standard InChI is InChI=1S/C17H31N5O3.HI/c1-4-19-16(20-12-17(2,3)15(18)24)22-9-7-21(8-10-22)14(23)13-6-5-11-25-13;/h13H,4-12H2,1-3H3,(H2,18,24)(H,19,20);1H. The monoisotopic (exact) mass is 481 g/mol. The van der Waals surface area contributed by atoms with Crippen molar-refractivity contribution in [3.63, 3.8) is 0 Å². The number of ether oxygens (including phenoxy) is 1. The zero-order valence-corrected chi connectivity index (χ0v) is 18.3. The van der Waals surface area contributed by atoms with Crippen molar-refractivity contribution in [3.05, 3.63) is 0 Å². The van der Waals surface area contributed by atoms with Crippen molar-refractivity contribution in [3.8, 4) is 0 Å². The summed E-state index contributed by atoms with van der Waals surface area (Å²) in [6, 6.07) is 0. The van der Waals surface area contributed by atoms with Gasteiger partial charge < -0.3 is 25.6 Å². The van der Waals surface area contributed by atoms with Crippen molar-refractivity contribution >= 4 is 41.8 Å². The molecule has 2 amide bonds. The third-order valence-electron chi connectivity index (χ3n) is 4.72. The number of rotatable bonds is 5. The molecular formula is C17H32IN5O3. The number of guanidine groups is 1. The summed E-state index contributed by atoms with van der Waals surface area (Å²) in [5.41, 5.74) is 4.74. The van der Waals surface area contributed by atoms with Gasteiger partial charge in [0.05, 0.1) is 12.0 Å². The first-order valence-corrected chi connectivity index (χ1v) is 9.08. The van der Waals surface area contributed by atoms with E-state index in [1.807, 2.05) is 11.8 Å². The summed E-state index contributed by atoms with van der Waals surface area (Å²) in [4.78, 5) is 32.5. The van der Waals surface area contributed by atoms with Crippen molar-refractivity contribution < 1.29 is 14.3 Å². The number of amides is 2. The second-order valence-electron chi connectivity index (χ2n) is 7.23. The van der Waals surface area contributed by atoms with Crippen LogP contribution in [0.2, 0.25) is 0 Å². The number of primary amides is 1. The molecular weight excluding hydrogens is 449 g/mol. The Morgan fingerprint density at radius 3 is 2.35 bits per heavy atom. The molecule has 26 heavy (non-hydrogen) atoms. The molecule has 0 spiro atoms. The van der Waals surface area contributed by atoms with Crippen molar-refractivity contribution in [1.82, 2.24) is 15.1 Å². The number of hydrogen-bond acceptors (Lipinski definition) is 4. The van der Waals surface area contributed by atoms with Crippen LogP contribution in [0.4, 0.5) is 0 Å². The molecule has 2 saturated heterocycles. The number of halogens is 1. The summed E-state index contributed by atoms with van der Waals surface area (Å²) >= 11 is 0. The summed E-state index contributed by atoms with van der Waals surface area (Å²) in [6.07, 6.45) is 1.53. The van der Waals surface area contributed by atoms with Crippen LogP contribution in [0.15, 0.2) is 4.99 Å². The molecule has 8 nitrogen and oxygen atoms in total. The maximum atomic E-state index is 12.4. The Labute approximate surface area is 172 Å². The van der Waals surface area contributed by atoms with Crippen molar-refractivity contribution in [2.24, 2.45) is 16.1 Å². The summed E-state index contributed by atoms with van der Waals surface area (Å²) in [6.45, 7) is 10.1. The topological polar surface area (TPSA) is 100 Å². The van der Waals surface area contributed by atoms with E-state index in [2.05, 4.69) is 15.2 Å². The van der Waals surface area contributed by atoms with E-state index in [1.165, 1.54) is 0 Å². The second-order valence-corrected chi connectivity index (χ2v) is 7.23. The van der Waals surface area contributed by atoms with Gasteiger partial charge in [-0.25, -0.2) is 0 Å². The van der Waals surface area contributed by atoms with E-state index in [1.54, 1.807) is 13.8 Å². The summed E-state index contributed by atoms with van der Waals surface area (Å²) < 4.78 is 5.49. The molecule has 0 saturated carbocycles. The van der Waals surface area contributed by atoms with Crippen LogP contribution in [0.5, 0.6) is 0 Å². The molecule has 0 aliphatic carbocycles. The highest BCUT2D eigenvalue weighted by Gasteiger charge is 2.31. The predicted octanol–water partition coefficient (Wildman–Crippen LogP) is 0.405. The average molecular weight is 481 g/mol. The number of hydrogen-bond donors (Lipinski definition) is 2. The summed E-state index contributed by atoms with van der Waals surface area (Å²) in [5, 5.41) is 3.26. The number of piperazine rings is 1. The van der Waals surface area contributed by atoms with E-state index >= 15 is 0 Å². The molecule has 2 heterocycles. The van der Waals surface area contributed by atoms with Gasteiger partial charge in [0.2, 0.25) is 5.91 Å². The Kier molecular flexibility index (Phi) is 9.08. The molecule has 0 aromatic heterocycles. The van der Waals surface area contributed by atoms with Gasteiger partial charge in [-0.15, -0.1) is 24.0 Å². The van der Waals surface area contributed by atoms with E-state index in [0.29, 0.717) is 39.3 Å². The minimum atomic E-state index is -0.682. The Morgan fingerprint density at radius 2 is 1.85 bits per heavy atom. The Balaban J connectivity index is 0.00000338. The molecule has 1 atom stereocenters. The smallest absolute Gasteiger partial charge is 0.251 e. The van der Waals surface area contributed by atoms with Gasteiger partial charge in [0.1, 0.15) is 6.10 Å². The van der Waals surface area contributed by atoms with Gasteiger partial charge in [-0.3, -0.25) is 14.6 Å². The highest BCUT2D eigenvalue weighted by Crippen LogP contribution is 2.17. The molecule has 3 N–H and O–H groups in total. The summed E-state index contributed by atoms with van der Waals surface area (Å²) in [5.74, 6) is 0.508. The van der Waals surface area contributed by atoms with Crippen LogP contribution in [-0.2, 0) is 14.3 Å². The van der Waals surface area contributed by atoms with Crippen LogP contribution in [0, 0.1) is 5.41 Å². The minimum absolute atomic E-state index is 0. The lowest BCUT2D eigenvalue weighted by Gasteiger charge is -2.37. The second kappa shape index (κ2) is 10.3. The van der Waals surface area contributed by atoms with Crippen molar-refractivity contribution in [2.45, 2.75) is 39.7 Å². The molecule has 2 rings (SSSR count). The molecule has 0 radical (unpaired) electrons. The van der Waals surface area contributed by atoms with E-state index in [-0.39, 0.29) is 41.9 Å². The van der Waals surface area contributed by atoms with E-state index < -0.39 is 5.41 Å². The predicted molar refractivity (Wildman–Crippen MR) is 111 cm³/mol. The van der Waals surface area contributed by atoms with Crippen molar-refractivity contribution in [2.75, 3.05) is 45.9 Å². The number of carbonyl (C=O) groups excluding carboxylic acids is 2. The maximum Gasteiger partial charge on any atom is 0.251 e. The fourth-order valence-electron chi connectivity index (χ4n) is 2.89. The first-order valence-electron chi connectivity index (χ1n) is 9.08. The number of nitrogens with two attached hydrogens (primary N) is 1. The third-order valence-corrected chi connectivity index (χ3v) is 4.72. The van der Waals surface area contributed by atoms with Crippen LogP contribution in [-0.4, -0.2) is 79.6 Å². The largest absolute Gasteiger partial charge is 0.369 e. The van der Waals surface area contributed by atoms with Crippen molar-refractivity contribution in [1.29, 1.82) is 0 Å². The molecule has 2 fully saturated rings. The zero-order chi connectivity index (χ0) is 18.4. The van der Waals surface area contributed by atoms with Crippen LogP contribution >= 0.6 is 24.0 Å². The number of nitrogens with one attached hydrogen (secondary N) is 1. The maximum absolute atomic E-state index is 12.4. The minimum Gasteiger partial charge on any atom is -0.369 e. The van der Waals surface area contributed by atoms with Crippen LogP contribution in [0.25, 0.3) is 0 Å². The SMILES string of the molecule is CCNC(=NCC(C)(C)C(N)=O)N1CCN(C(=O)C2CCCO2)CC1.I. The normalized spacial score (nSPS) is 21.3. The average Bonchev–Trinajstić information content (AvgIpc) is 3.12. The van der Waals surface area contributed by atoms with Crippen LogP contribution in [0.3, 0.4) is 0 Å². The van der Waals surface area contributed by atoms with Gasteiger partial charge in [-0.1, -0.05) is 0 Å². The van der Waals surface area contributed by atoms with Crippen LogP contribution in [0.1, 0.15) is 33.6 Å². The highest BCUT2D eigenvalue weighted by molar-refractivity contribution is 14.0. The lowest BCUT2D eigenvalue weighted by molar-refractivity contribution is -0.142. The third kappa shape index (κ3) is 5.97. The Morgan fingerprint density at radius 1 is 1.23 bits per heavy atom. The molecule has 9 heteroatoms. The lowest BCUT2D eigenvalue weighted by atomic mass is 9.93. The fourth-order valence-corrected chi connectivity index (χ4v) is 2.89. The van der Waals surface area contributed by atoms with Gasteiger partial charge in [0.25, 0.3) is 5.91 Å². The van der Waals surface area contributed by atoms with Gasteiger partial charge in [-0.2, -0.15) is 0 Å². The van der Waals surface area contributed by atoms with Gasteiger partial charge >= 0.3 is 0 Å². The molecule has 0 aromatic rings. The summed E-state index contributed by atoms with van der Waals surface area (Å²) in [7, 11) is 0. The van der Waals surface area contributed by atoms with Gasteiger partial charge in [0.15, 0.2) is 5.96 Å². The highest BCUT2D eigenvalue weighted by atomic mass is 127. The number of nitrogens with zero attached hydrogens (tertiary/aromatic N) is 3. The Hall–Kier alpha value is -1.10. The fraction of sp³-hybridized carbons (Fsp3) is 0.824. The molecule has 2 aliphatic rings. The molecule has 2 aliphatic heterocycles. The van der Waals surface area contributed by atoms with E-state index in [4.69, 9.17) is 10.5 Å². The molecule has 1 unspecified atom stereocenters. The first-order chi connectivity index (χ1) is 11.8. The van der Waals surface area contributed by atoms with E-state index in [9.17, 15) is 9.59 Å². The van der Waals surface area contributed by atoms with Crippen LogP contribution < -0.4 is 11.1 Å². The number of carbonyl (C=O) groups is 2. The molecule has 150 valence electrons. The van der Waals surface area contributed by atoms with Gasteiger partial charge in [-0.05, 0) is 33.6 Å². The lowest BCUT2D eigenvalue weighted by Crippen LogP contribution is -2.55. The number of aliphatic imine (C=N–C) groups is 1. The van der Waals surface area contributed by atoms with E-state index in [0.717, 1.165) is 25.3 Å².